The number of pyridine rings is 2. The van der Waals surface area contributed by atoms with E-state index in [0.717, 1.165) is 56.6 Å². The highest BCUT2D eigenvalue weighted by Gasteiger charge is 2.61. The fraction of sp³-hybridized carbons (Fsp3) is 0.370. The number of thiazole rings is 2. The van der Waals surface area contributed by atoms with Crippen LogP contribution in [0, 0.1) is 0 Å². The Hall–Kier alpha value is -8.59. The number of rotatable bonds is 28. The van der Waals surface area contributed by atoms with Crippen molar-refractivity contribution in [1.82, 2.24) is 30.7 Å². The van der Waals surface area contributed by atoms with Gasteiger partial charge in [0.25, 0.3) is 35.3 Å². The molecule has 2 aromatic carbocycles. The fourth-order valence-corrected chi connectivity index (χ4v) is 10.7. The molecule has 2 aliphatic heterocycles. The van der Waals surface area contributed by atoms with Crippen molar-refractivity contribution in [2.45, 2.75) is 76.9 Å². The lowest BCUT2D eigenvalue weighted by molar-refractivity contribution is -0.656. The van der Waals surface area contributed by atoms with Crippen LogP contribution in [0.25, 0.3) is 22.3 Å². The number of nitrogens with one attached hydrogen (secondary N) is 4. The minimum Gasteiger partial charge on any atom is -0.490 e. The molecule has 4 atom stereocenters. The Morgan fingerprint density at radius 1 is 0.635 bits per heavy atom. The molecule has 452 valence electrons. The summed E-state index contributed by atoms with van der Waals surface area (Å²) in [4.78, 5) is 74.5. The summed E-state index contributed by atoms with van der Waals surface area (Å²) in [6.45, 7) is 11.3. The molecule has 8 rings (SSSR count). The number of hydroxylamine groups is 4. The Morgan fingerprint density at radius 2 is 1.00 bits per heavy atom. The second-order valence-corrected chi connectivity index (χ2v) is 23.6. The number of amides is 4. The first-order valence-electron chi connectivity index (χ1n) is 26.6. The first kappa shape index (κ1) is 62.5. The molecule has 0 saturated carbocycles. The van der Waals surface area contributed by atoms with Crippen LogP contribution in [0.4, 0.5) is 21.9 Å². The van der Waals surface area contributed by atoms with Gasteiger partial charge in [0, 0.05) is 47.1 Å². The summed E-state index contributed by atoms with van der Waals surface area (Å²) in [5.74, 6) is -0.871. The molecule has 6 aromatic rings. The van der Waals surface area contributed by atoms with Gasteiger partial charge in [-0.25, -0.2) is 19.1 Å². The second-order valence-electron chi connectivity index (χ2n) is 20.7. The van der Waals surface area contributed by atoms with Gasteiger partial charge in [-0.15, -0.1) is 31.2 Å². The van der Waals surface area contributed by atoms with Gasteiger partial charge in [-0.1, -0.05) is 34.6 Å². The zero-order chi connectivity index (χ0) is 61.4. The molecule has 0 unspecified atom stereocenters. The molecule has 0 bridgehead atoms. The standard InChI is InChI=1S/C54H66N16O12S3/c1-31(27-77-37-15-9-33(10-16-37)35-13-19-41(59-23-21-55)67(7)25-35)79-65-43(39-29-83-51(57)61-39)47(71)63-45-49(73)69(53(45,3)4)81-85(75,76)82-70-50(74)46(54(70,5)6)64-48(72)44(40-30-84-52(58)62-40)66-80-32(2)28-78-38-17-11-34(12-18-38)36-14-20-42(60-24-22-56)68(8)26-36/h9-20,25-26,29-32,45-46H,21-24,27-28,55-56H2,1-8H3,(H6,57,58,61,62,63,64,71,72)/p+2/b65-43-,66-44-/t31-,32-,45+,46+/m0/s1. The van der Waals surface area contributed by atoms with Gasteiger partial charge in [0.2, 0.25) is 0 Å². The molecule has 2 aliphatic rings. The van der Waals surface area contributed by atoms with E-state index in [4.69, 9.17) is 50.7 Å². The van der Waals surface area contributed by atoms with Gasteiger partial charge < -0.3 is 52.7 Å². The lowest BCUT2D eigenvalue weighted by Gasteiger charge is -2.52. The van der Waals surface area contributed by atoms with Crippen molar-refractivity contribution < 1.29 is 64.4 Å². The number of hydrogen-bond acceptors (Lipinski definition) is 24. The van der Waals surface area contributed by atoms with Gasteiger partial charge in [0.05, 0.1) is 50.7 Å². The summed E-state index contributed by atoms with van der Waals surface area (Å²) < 4.78 is 52.9. The molecule has 6 heterocycles. The van der Waals surface area contributed by atoms with Crippen LogP contribution in [-0.2, 0) is 61.9 Å². The lowest BCUT2D eigenvalue weighted by Crippen LogP contribution is -2.78. The van der Waals surface area contributed by atoms with Crippen molar-refractivity contribution in [2.75, 3.05) is 61.5 Å². The highest BCUT2D eigenvalue weighted by molar-refractivity contribution is 7.81. The number of aryl methyl sites for hydroxylation is 2. The molecule has 28 nitrogen and oxygen atoms in total. The number of benzene rings is 2. The number of β-lactam (4-membered cyclic amide) rings is 2. The number of carbonyl (C=O) groups is 4. The maximum absolute atomic E-state index is 13.9. The third-order valence-corrected chi connectivity index (χ3v) is 15.4. The van der Waals surface area contributed by atoms with Crippen LogP contribution in [0.2, 0.25) is 0 Å². The van der Waals surface area contributed by atoms with E-state index in [1.165, 1.54) is 38.5 Å². The van der Waals surface area contributed by atoms with E-state index < -0.39 is 69.4 Å². The number of carbonyl (C=O) groups excluding carboxylic acids is 4. The average Bonchev–Trinajstić information content (AvgIpc) is 2.39. The SMILES string of the molecule is C[C@@H](COc1ccc(-c2ccc(NCCN)[n+](C)c2)cc1)O/N=C(\C(=O)N[C@@H]1C(=O)N(OS(=O)(=O)ON2C(=O)[C@@H](NC(=O)/C(=N\O[C@@H](C)COc3ccc(-c4ccc(NCCN)[n+](C)c4)cc3)c3csc(N)n3)C2(C)C)C1(C)C)c1csc(N)n1. The zero-order valence-corrected chi connectivity index (χ0v) is 50.2. The number of nitrogens with zero attached hydrogens (tertiary/aromatic N) is 8. The van der Waals surface area contributed by atoms with Crippen molar-refractivity contribution in [3.63, 3.8) is 0 Å². The monoisotopic (exact) mass is 1230 g/mol. The largest absolute Gasteiger partial charge is 0.490 e. The number of nitrogen functional groups attached to an aromatic ring is 2. The molecule has 4 aromatic heterocycles. The summed E-state index contributed by atoms with van der Waals surface area (Å²) in [7, 11) is -1.36. The van der Waals surface area contributed by atoms with Gasteiger partial charge >= 0.3 is 10.4 Å². The fourth-order valence-electron chi connectivity index (χ4n) is 8.63. The molecule has 2 fully saturated rings. The van der Waals surface area contributed by atoms with E-state index in [2.05, 4.69) is 41.5 Å². The minimum atomic E-state index is -5.24. The van der Waals surface area contributed by atoms with Crippen molar-refractivity contribution in [1.29, 1.82) is 0 Å². The summed E-state index contributed by atoms with van der Waals surface area (Å²) in [6, 6.07) is 20.1. The van der Waals surface area contributed by atoms with E-state index in [1.54, 1.807) is 13.8 Å². The number of hydrogen-bond donors (Lipinski definition) is 8. The van der Waals surface area contributed by atoms with Crippen LogP contribution >= 0.6 is 22.7 Å². The Bertz CT molecular complexity index is 3360. The minimum absolute atomic E-state index is 0.0228. The molecule has 0 spiro atoms. The number of oxime groups is 2. The predicted molar refractivity (Wildman–Crippen MR) is 316 cm³/mol. The molecule has 4 amide bonds. The van der Waals surface area contributed by atoms with Gasteiger partial charge in [-0.2, -0.15) is 18.5 Å². The van der Waals surface area contributed by atoms with Crippen LogP contribution < -0.4 is 62.8 Å². The molecule has 0 aliphatic carbocycles. The highest BCUT2D eigenvalue weighted by atomic mass is 32.3. The third-order valence-electron chi connectivity index (χ3n) is 13.4. The van der Waals surface area contributed by atoms with Crippen molar-refractivity contribution >= 4 is 90.0 Å². The summed E-state index contributed by atoms with van der Waals surface area (Å²) in [5, 5.41) is 23.9. The Balaban J connectivity index is 0.828. The van der Waals surface area contributed by atoms with Crippen LogP contribution in [-0.4, -0.2) is 138 Å². The normalized spacial score (nSPS) is 17.2. The van der Waals surface area contributed by atoms with Crippen LogP contribution in [0.5, 0.6) is 11.5 Å². The lowest BCUT2D eigenvalue weighted by atomic mass is 9.84. The molecular weight excluding hydrogens is 1160 g/mol. The van der Waals surface area contributed by atoms with Crippen molar-refractivity contribution in [3.05, 3.63) is 107 Å². The quantitative estimate of drug-likeness (QED) is 0.0150. The van der Waals surface area contributed by atoms with Gasteiger partial charge in [0.15, 0.2) is 33.9 Å². The smallest absolute Gasteiger partial charge is 0.442 e. The van der Waals surface area contributed by atoms with E-state index >= 15 is 0 Å². The molecule has 0 radical (unpaired) electrons. The molecule has 12 N–H and O–H groups in total. The molecular formula is C54H68N16O12S3+2. The second kappa shape index (κ2) is 26.5. The summed E-state index contributed by atoms with van der Waals surface area (Å²) >= 11 is 2.06. The number of nitrogens with two attached hydrogens (primary N) is 4. The first-order chi connectivity index (χ1) is 40.4. The van der Waals surface area contributed by atoms with E-state index in [9.17, 15) is 27.6 Å². The summed E-state index contributed by atoms with van der Waals surface area (Å²) in [6.07, 6.45) is 2.60. The highest BCUT2D eigenvalue weighted by Crippen LogP contribution is 2.37. The van der Waals surface area contributed by atoms with Crippen molar-refractivity contribution in [3.8, 4) is 33.8 Å². The van der Waals surface area contributed by atoms with Crippen molar-refractivity contribution in [2.24, 2.45) is 35.9 Å². The number of ether oxygens (including phenoxy) is 2. The van der Waals surface area contributed by atoms with Gasteiger partial charge in [0.1, 0.15) is 48.2 Å². The van der Waals surface area contributed by atoms with Gasteiger partial charge in [-0.05, 0) is 89.1 Å². The number of aromatic nitrogens is 4. The molecule has 2 saturated heterocycles. The van der Waals surface area contributed by atoms with Crippen LogP contribution in [0.1, 0.15) is 52.9 Å². The van der Waals surface area contributed by atoms with E-state index in [1.807, 2.05) is 108 Å². The third kappa shape index (κ3) is 14.9. The van der Waals surface area contributed by atoms with Crippen LogP contribution in [0.3, 0.4) is 0 Å². The first-order valence-corrected chi connectivity index (χ1v) is 29.7. The molecule has 31 heteroatoms. The number of anilines is 4. The van der Waals surface area contributed by atoms with E-state index in [-0.39, 0.29) is 46.3 Å². The zero-order valence-electron chi connectivity index (χ0n) is 47.8. The van der Waals surface area contributed by atoms with Gasteiger partial charge in [-0.3, -0.25) is 29.8 Å². The predicted octanol–water partition coefficient (Wildman–Crippen LogP) is 1.88. The summed E-state index contributed by atoms with van der Waals surface area (Å²) in [5.41, 5.74) is 23.2. The average molecular weight is 1230 g/mol. The van der Waals surface area contributed by atoms with E-state index in [0.29, 0.717) is 47.8 Å². The Morgan fingerprint density at radius 3 is 1.32 bits per heavy atom. The maximum Gasteiger partial charge on any atom is 0.442 e. The topological polar surface area (TPSA) is 375 Å². The maximum atomic E-state index is 13.9. The Labute approximate surface area is 498 Å². The van der Waals surface area contributed by atoms with Crippen LogP contribution in [0.15, 0.2) is 106 Å². The Kier molecular flexibility index (Phi) is 19.5. The molecule has 85 heavy (non-hydrogen) atoms.